The third-order valence-corrected chi connectivity index (χ3v) is 37.2. The van der Waals surface area contributed by atoms with E-state index in [1.54, 1.807) is 89.9 Å². The molecule has 0 nitrogen and oxygen atoms in total. The standard InChI is InChI=1S/C18H30.C17H28.C14H26.C13H24.2C13H26.C12H24/c1-11-4-15(5-12(11)2)18(3)16-7-13-6-14(9-16)10-17(18)8-13;1-11-3-4-14(5-11)17(2)15-7-12-6-13(9-15)10-16(17)8-12;1-11-9-13(10-12(11)2)14(3)7-5-4-6-8-14;1-11-6-7-12(10-11)13(2)8-4-3-5-9-13;1-10(2)9-13(4,5)12-7-6-11(3)8-12;1-6-7-13(4,5)12-8-10(2)11(3)9-12;1-5-8-12(3,4)11-7-6-10(2)9-11/h11-17H,4-10H2,1-3H3;11-16H,3-10H2,1-2H3;11-13H,4-10H2,1-3H3;11-12H,3-10H2,1-2H3;2*10-12H,6-9H2,1-5H3;10-11H,5-9H2,1-4H3. The van der Waals surface area contributed by atoms with Crippen LogP contribution in [-0.2, 0) is 0 Å². The molecule has 0 saturated heterocycles. The molecule has 14 unspecified atom stereocenters. The van der Waals surface area contributed by atoms with Gasteiger partial charge in [0.1, 0.15) is 0 Å². The summed E-state index contributed by atoms with van der Waals surface area (Å²) in [4.78, 5) is 0. The third kappa shape index (κ3) is 20.7. The van der Waals surface area contributed by atoms with Gasteiger partial charge in [0.05, 0.1) is 0 Å². The lowest BCUT2D eigenvalue weighted by Gasteiger charge is -2.62. The Kier molecular flexibility index (Phi) is 30.1. The molecule has 0 aromatic rings. The van der Waals surface area contributed by atoms with Crippen molar-refractivity contribution < 1.29 is 0 Å². The first-order valence-corrected chi connectivity index (χ1v) is 47.0. The fourth-order valence-electron chi connectivity index (χ4n) is 29.7. The van der Waals surface area contributed by atoms with Gasteiger partial charge in [-0.3, -0.25) is 0 Å². The molecule has 0 aromatic carbocycles. The van der Waals surface area contributed by atoms with Gasteiger partial charge in [-0.05, 0) is 391 Å². The summed E-state index contributed by atoms with van der Waals surface area (Å²) in [7, 11) is 0. The van der Waals surface area contributed by atoms with Crippen LogP contribution in [0.4, 0.5) is 0 Å². The molecule has 17 aliphatic carbocycles. The highest BCUT2D eigenvalue weighted by atomic mass is 14.6. The smallest absolute Gasteiger partial charge is 0.0240 e. The van der Waals surface area contributed by atoms with Crippen molar-refractivity contribution in [2.24, 2.45) is 192 Å². The van der Waals surface area contributed by atoms with E-state index in [2.05, 4.69) is 166 Å². The molecular weight excluding hydrogens is 1200 g/mol. The van der Waals surface area contributed by atoms with E-state index in [4.69, 9.17) is 0 Å². The third-order valence-electron chi connectivity index (χ3n) is 37.2. The molecular formula is C100H184. The molecule has 584 valence electrons. The summed E-state index contributed by atoms with van der Waals surface area (Å²) in [6.07, 6.45) is 65.0. The Morgan fingerprint density at radius 2 is 0.570 bits per heavy atom. The van der Waals surface area contributed by atoms with Crippen molar-refractivity contribution in [2.45, 2.75) is 442 Å². The molecule has 17 fully saturated rings. The minimum atomic E-state index is 0.582. The van der Waals surface area contributed by atoms with Crippen LogP contribution in [0.25, 0.3) is 0 Å². The van der Waals surface area contributed by atoms with E-state index in [1.807, 2.05) is 0 Å². The Morgan fingerprint density at radius 3 is 0.900 bits per heavy atom. The lowest BCUT2D eigenvalue weighted by molar-refractivity contribution is -0.129. The average molecular weight is 1390 g/mol. The highest BCUT2D eigenvalue weighted by Gasteiger charge is 2.60. The topological polar surface area (TPSA) is 0 Å². The highest BCUT2D eigenvalue weighted by Crippen LogP contribution is 2.69. The zero-order valence-corrected chi connectivity index (χ0v) is 72.9. The summed E-state index contributed by atoms with van der Waals surface area (Å²) < 4.78 is 0. The number of hydrogen-bond acceptors (Lipinski definition) is 0. The summed E-state index contributed by atoms with van der Waals surface area (Å²) in [5, 5.41) is 0. The van der Waals surface area contributed by atoms with Gasteiger partial charge in [-0.15, -0.1) is 0 Å². The van der Waals surface area contributed by atoms with Crippen LogP contribution in [0.1, 0.15) is 442 Å². The van der Waals surface area contributed by atoms with Crippen molar-refractivity contribution in [3.8, 4) is 0 Å². The lowest BCUT2D eigenvalue weighted by atomic mass is 9.43. The van der Waals surface area contributed by atoms with Gasteiger partial charge < -0.3 is 0 Å². The zero-order valence-electron chi connectivity index (χ0n) is 72.9. The van der Waals surface area contributed by atoms with Crippen LogP contribution in [0.5, 0.6) is 0 Å². The minimum Gasteiger partial charge on any atom is -0.0654 e. The molecule has 17 saturated carbocycles. The van der Waals surface area contributed by atoms with E-state index in [1.165, 1.54) is 186 Å². The van der Waals surface area contributed by atoms with Gasteiger partial charge in [-0.25, -0.2) is 0 Å². The van der Waals surface area contributed by atoms with E-state index in [0.717, 1.165) is 176 Å². The fraction of sp³-hybridized carbons (Fsp3) is 1.00. The molecule has 0 heterocycles. The van der Waals surface area contributed by atoms with E-state index < -0.39 is 0 Å². The summed E-state index contributed by atoms with van der Waals surface area (Å²) in [6.45, 7) is 59.2. The van der Waals surface area contributed by atoms with Crippen molar-refractivity contribution in [1.82, 2.24) is 0 Å². The van der Waals surface area contributed by atoms with Crippen LogP contribution in [0.2, 0.25) is 0 Å². The summed E-state index contributed by atoms with van der Waals surface area (Å²) in [6, 6.07) is 0. The first-order valence-electron chi connectivity index (χ1n) is 47.0. The quantitative estimate of drug-likeness (QED) is 0.172. The molecule has 17 aliphatic rings. The van der Waals surface area contributed by atoms with Gasteiger partial charge in [-0.2, -0.15) is 0 Å². The first kappa shape index (κ1) is 84.0. The Balaban J connectivity index is 0.000000137. The van der Waals surface area contributed by atoms with Crippen LogP contribution in [-0.4, -0.2) is 0 Å². The zero-order chi connectivity index (χ0) is 72.9. The minimum absolute atomic E-state index is 0.582. The van der Waals surface area contributed by atoms with Crippen LogP contribution in [0.3, 0.4) is 0 Å². The van der Waals surface area contributed by atoms with Crippen LogP contribution < -0.4 is 0 Å². The summed E-state index contributed by atoms with van der Waals surface area (Å²) >= 11 is 0. The Labute approximate surface area is 630 Å². The normalized spacial score (nSPS) is 44.9. The van der Waals surface area contributed by atoms with E-state index >= 15 is 0 Å². The van der Waals surface area contributed by atoms with E-state index in [-0.39, 0.29) is 0 Å². The second-order valence-electron chi connectivity index (χ2n) is 46.7. The van der Waals surface area contributed by atoms with Gasteiger partial charge in [0, 0.05) is 0 Å². The van der Waals surface area contributed by atoms with Gasteiger partial charge in [0.2, 0.25) is 0 Å². The van der Waals surface area contributed by atoms with Crippen LogP contribution >= 0.6 is 0 Å². The monoisotopic (exact) mass is 1390 g/mol. The molecule has 0 aliphatic heterocycles. The van der Waals surface area contributed by atoms with Gasteiger partial charge in [0.15, 0.2) is 0 Å². The van der Waals surface area contributed by atoms with E-state index in [9.17, 15) is 0 Å². The van der Waals surface area contributed by atoms with Crippen molar-refractivity contribution in [3.05, 3.63) is 0 Å². The van der Waals surface area contributed by atoms with Gasteiger partial charge >= 0.3 is 0 Å². The predicted octanol–water partition coefficient (Wildman–Crippen LogP) is 32.3. The Morgan fingerprint density at radius 1 is 0.280 bits per heavy atom. The number of hydrogen-bond donors (Lipinski definition) is 0. The average Bonchev–Trinajstić information content (AvgIpc) is 1.07. The second-order valence-corrected chi connectivity index (χ2v) is 46.7. The molecule has 100 heavy (non-hydrogen) atoms. The Hall–Kier alpha value is 0. The molecule has 8 bridgehead atoms. The van der Waals surface area contributed by atoms with Gasteiger partial charge in [-0.1, -0.05) is 243 Å². The summed E-state index contributed by atoms with van der Waals surface area (Å²) in [5.41, 5.74) is 4.75. The van der Waals surface area contributed by atoms with Crippen LogP contribution in [0.15, 0.2) is 0 Å². The summed E-state index contributed by atoms with van der Waals surface area (Å²) in [5.74, 6) is 27.0. The number of rotatable bonds is 13. The lowest BCUT2D eigenvalue weighted by Crippen LogP contribution is -2.54. The molecule has 0 amide bonds. The SMILES string of the molecule is CC(C)CC(C)(C)C1CCC(C)C1.CC1CC(C2(C)C3CC4CC(C3)CC2C4)CC1C.CC1CC(C2(C)CCCCC2)CC1C.CC1CCC(C2(C)C3CC4CC(C3)CC2C4)C1.CC1CCC(C2(C)CCCCC2)C1.CCCC(C)(C)C1CC(C)C(C)C1.CCCC(C)(C)C1CCC(C)C1. The molecule has 0 spiro atoms. The van der Waals surface area contributed by atoms with Gasteiger partial charge in [0.25, 0.3) is 0 Å². The molecule has 0 N–H and O–H groups in total. The predicted molar refractivity (Wildman–Crippen MR) is 442 cm³/mol. The van der Waals surface area contributed by atoms with Crippen molar-refractivity contribution in [2.75, 3.05) is 0 Å². The van der Waals surface area contributed by atoms with Crippen molar-refractivity contribution in [3.63, 3.8) is 0 Å². The molecule has 0 aromatic heterocycles. The maximum Gasteiger partial charge on any atom is -0.0240 e. The molecule has 0 radical (unpaired) electrons. The second kappa shape index (κ2) is 35.8. The molecule has 0 heteroatoms. The molecule has 17 rings (SSSR count). The maximum atomic E-state index is 2.72. The maximum absolute atomic E-state index is 2.72. The largest absolute Gasteiger partial charge is 0.0654 e. The highest BCUT2D eigenvalue weighted by molar-refractivity contribution is 5.10. The first-order chi connectivity index (χ1) is 47.0. The Bertz CT molecular complexity index is 2270. The van der Waals surface area contributed by atoms with Crippen molar-refractivity contribution >= 4 is 0 Å². The van der Waals surface area contributed by atoms with E-state index in [0.29, 0.717) is 16.2 Å². The molecule has 14 atom stereocenters. The van der Waals surface area contributed by atoms with Crippen molar-refractivity contribution in [1.29, 1.82) is 0 Å². The van der Waals surface area contributed by atoms with Crippen LogP contribution in [0, 0.1) is 192 Å². The fourth-order valence-corrected chi connectivity index (χ4v) is 29.7.